The van der Waals surface area contributed by atoms with Gasteiger partial charge in [-0.05, 0) is 34.5 Å². The van der Waals surface area contributed by atoms with Crippen molar-refractivity contribution in [2.45, 2.75) is 110 Å². The maximum Gasteiger partial charge on any atom is 0.152 e. The van der Waals surface area contributed by atoms with Crippen LogP contribution >= 0.6 is 15.9 Å². The van der Waals surface area contributed by atoms with Gasteiger partial charge in [0, 0.05) is 6.20 Å². The molecule has 2 nitrogen and oxygen atoms in total. The van der Waals surface area contributed by atoms with Crippen LogP contribution in [0.15, 0.2) is 22.9 Å². The van der Waals surface area contributed by atoms with E-state index in [9.17, 15) is 0 Å². The SMILES string of the molecule is CCCCCCCCCCCCCCCCCCOc1cccnc1Br. The molecule has 0 unspecified atom stereocenters. The Hall–Kier alpha value is -0.570. The fraction of sp³-hybridized carbons (Fsp3) is 0.783. The fourth-order valence-electron chi connectivity index (χ4n) is 3.31. The highest BCUT2D eigenvalue weighted by molar-refractivity contribution is 9.10. The van der Waals surface area contributed by atoms with Crippen molar-refractivity contribution >= 4 is 15.9 Å². The van der Waals surface area contributed by atoms with Crippen LogP contribution in [-0.2, 0) is 0 Å². The molecule has 0 bridgehead atoms. The number of pyridine rings is 1. The van der Waals surface area contributed by atoms with Crippen LogP contribution in [0.5, 0.6) is 5.75 Å². The van der Waals surface area contributed by atoms with Crippen LogP contribution in [0.3, 0.4) is 0 Å². The second kappa shape index (κ2) is 17.8. The number of ether oxygens (including phenoxy) is 1. The molecule has 0 N–H and O–H groups in total. The van der Waals surface area contributed by atoms with E-state index in [2.05, 4.69) is 27.8 Å². The van der Waals surface area contributed by atoms with Gasteiger partial charge in [0.25, 0.3) is 0 Å². The van der Waals surface area contributed by atoms with Crippen LogP contribution in [0.25, 0.3) is 0 Å². The molecule has 150 valence electrons. The summed E-state index contributed by atoms with van der Waals surface area (Å²) < 4.78 is 6.55. The largest absolute Gasteiger partial charge is 0.491 e. The third-order valence-corrected chi connectivity index (χ3v) is 5.58. The molecule has 1 rings (SSSR count). The van der Waals surface area contributed by atoms with Crippen molar-refractivity contribution in [3.05, 3.63) is 22.9 Å². The highest BCUT2D eigenvalue weighted by atomic mass is 79.9. The highest BCUT2D eigenvalue weighted by Gasteiger charge is 2.00. The second-order valence-corrected chi connectivity index (χ2v) is 8.20. The summed E-state index contributed by atoms with van der Waals surface area (Å²) in [5, 5.41) is 0. The van der Waals surface area contributed by atoms with Gasteiger partial charge in [0.15, 0.2) is 5.75 Å². The van der Waals surface area contributed by atoms with E-state index in [1.807, 2.05) is 12.1 Å². The van der Waals surface area contributed by atoms with E-state index in [0.717, 1.165) is 23.4 Å². The number of rotatable bonds is 18. The van der Waals surface area contributed by atoms with Gasteiger partial charge < -0.3 is 4.74 Å². The molecule has 0 radical (unpaired) electrons. The average molecular weight is 426 g/mol. The molecule has 0 aliphatic rings. The Kier molecular flexibility index (Phi) is 16.1. The summed E-state index contributed by atoms with van der Waals surface area (Å²) in [5.41, 5.74) is 0. The lowest BCUT2D eigenvalue weighted by Gasteiger charge is -2.07. The molecule has 0 saturated heterocycles. The van der Waals surface area contributed by atoms with Gasteiger partial charge in [-0.15, -0.1) is 0 Å². The Morgan fingerprint density at radius 2 is 1.19 bits per heavy atom. The summed E-state index contributed by atoms with van der Waals surface area (Å²) in [6, 6.07) is 3.87. The van der Waals surface area contributed by atoms with Gasteiger partial charge in [-0.25, -0.2) is 4.98 Å². The normalized spacial score (nSPS) is 11.0. The smallest absolute Gasteiger partial charge is 0.152 e. The van der Waals surface area contributed by atoms with E-state index in [-0.39, 0.29) is 0 Å². The Labute approximate surface area is 170 Å². The average Bonchev–Trinajstić information content (AvgIpc) is 2.65. The van der Waals surface area contributed by atoms with Crippen molar-refractivity contribution < 1.29 is 4.74 Å². The van der Waals surface area contributed by atoms with E-state index in [4.69, 9.17) is 4.74 Å². The molecule has 1 aromatic heterocycles. The fourth-order valence-corrected chi connectivity index (χ4v) is 3.68. The molecule has 3 heteroatoms. The molecule has 0 fully saturated rings. The van der Waals surface area contributed by atoms with Crippen molar-refractivity contribution in [3.63, 3.8) is 0 Å². The first-order chi connectivity index (χ1) is 12.8. The molecule has 1 aromatic rings. The molecular formula is C23H40BrNO. The van der Waals surface area contributed by atoms with E-state index < -0.39 is 0 Å². The summed E-state index contributed by atoms with van der Waals surface area (Å²) in [5.74, 6) is 0.855. The van der Waals surface area contributed by atoms with Gasteiger partial charge >= 0.3 is 0 Å². The standard InChI is InChI=1S/C23H40BrNO/c1-2-3-4-5-6-7-8-9-10-11-12-13-14-15-16-17-21-26-22-19-18-20-25-23(22)24/h18-20H,2-17,21H2,1H3. The Morgan fingerprint density at radius 1 is 0.731 bits per heavy atom. The second-order valence-electron chi connectivity index (χ2n) is 7.44. The lowest BCUT2D eigenvalue weighted by atomic mass is 10.0. The number of halogens is 1. The molecule has 0 aliphatic heterocycles. The van der Waals surface area contributed by atoms with Crippen LogP contribution in [0, 0.1) is 0 Å². The summed E-state index contributed by atoms with van der Waals surface area (Å²) in [4.78, 5) is 4.17. The molecule has 1 heterocycles. The first-order valence-corrected chi connectivity index (χ1v) is 11.9. The van der Waals surface area contributed by atoms with Crippen LogP contribution < -0.4 is 4.74 Å². The van der Waals surface area contributed by atoms with Gasteiger partial charge in [0.05, 0.1) is 6.61 Å². The van der Waals surface area contributed by atoms with E-state index in [1.165, 1.54) is 96.3 Å². The van der Waals surface area contributed by atoms with Gasteiger partial charge in [-0.1, -0.05) is 103 Å². The molecule has 0 amide bonds. The van der Waals surface area contributed by atoms with Crippen molar-refractivity contribution in [3.8, 4) is 5.75 Å². The Morgan fingerprint density at radius 3 is 1.65 bits per heavy atom. The van der Waals surface area contributed by atoms with Crippen LogP contribution in [0.4, 0.5) is 0 Å². The molecule has 0 atom stereocenters. The number of hydrogen-bond donors (Lipinski definition) is 0. The summed E-state index contributed by atoms with van der Waals surface area (Å²) >= 11 is 3.41. The van der Waals surface area contributed by atoms with Gasteiger partial charge in [0.1, 0.15) is 4.60 Å². The molecule has 26 heavy (non-hydrogen) atoms. The zero-order valence-corrected chi connectivity index (χ0v) is 18.6. The monoisotopic (exact) mass is 425 g/mol. The Bertz CT molecular complexity index is 424. The molecular weight excluding hydrogens is 386 g/mol. The number of aromatic nitrogens is 1. The highest BCUT2D eigenvalue weighted by Crippen LogP contribution is 2.21. The lowest BCUT2D eigenvalue weighted by Crippen LogP contribution is -1.98. The third-order valence-electron chi connectivity index (χ3n) is 4.98. The number of unbranched alkanes of at least 4 members (excludes halogenated alkanes) is 15. The van der Waals surface area contributed by atoms with Crippen LogP contribution in [-0.4, -0.2) is 11.6 Å². The maximum atomic E-state index is 5.75. The lowest BCUT2D eigenvalue weighted by molar-refractivity contribution is 0.301. The minimum atomic E-state index is 0.794. The van der Waals surface area contributed by atoms with Gasteiger partial charge in [0.2, 0.25) is 0 Å². The predicted octanol–water partition coefficient (Wildman–Crippen LogP) is 8.48. The van der Waals surface area contributed by atoms with Crippen molar-refractivity contribution in [1.29, 1.82) is 0 Å². The van der Waals surface area contributed by atoms with Crippen LogP contribution in [0.2, 0.25) is 0 Å². The first-order valence-electron chi connectivity index (χ1n) is 11.1. The summed E-state index contributed by atoms with van der Waals surface area (Å²) in [6.45, 7) is 3.08. The Balaban J connectivity index is 1.74. The van der Waals surface area contributed by atoms with E-state index >= 15 is 0 Å². The van der Waals surface area contributed by atoms with E-state index in [0.29, 0.717) is 0 Å². The molecule has 0 spiro atoms. The van der Waals surface area contributed by atoms with Crippen molar-refractivity contribution in [2.75, 3.05) is 6.61 Å². The van der Waals surface area contributed by atoms with Gasteiger partial charge in [-0.3, -0.25) is 0 Å². The minimum absolute atomic E-state index is 0.794. The quantitative estimate of drug-likeness (QED) is 0.173. The molecule has 0 aromatic carbocycles. The van der Waals surface area contributed by atoms with Crippen LogP contribution in [0.1, 0.15) is 110 Å². The number of hydrogen-bond acceptors (Lipinski definition) is 2. The topological polar surface area (TPSA) is 22.1 Å². The zero-order chi connectivity index (χ0) is 18.7. The molecule has 0 aliphatic carbocycles. The zero-order valence-electron chi connectivity index (χ0n) is 17.0. The van der Waals surface area contributed by atoms with E-state index in [1.54, 1.807) is 6.20 Å². The summed E-state index contributed by atoms with van der Waals surface area (Å²) in [6.07, 6.45) is 24.1. The third kappa shape index (κ3) is 13.6. The number of nitrogens with zero attached hydrogens (tertiary/aromatic N) is 1. The first kappa shape index (κ1) is 23.5. The minimum Gasteiger partial charge on any atom is -0.491 e. The maximum absolute atomic E-state index is 5.75. The van der Waals surface area contributed by atoms with Crippen molar-refractivity contribution in [2.24, 2.45) is 0 Å². The summed E-state index contributed by atoms with van der Waals surface area (Å²) in [7, 11) is 0. The predicted molar refractivity (Wildman–Crippen MR) is 117 cm³/mol. The van der Waals surface area contributed by atoms with Gasteiger partial charge in [-0.2, -0.15) is 0 Å². The van der Waals surface area contributed by atoms with Crippen molar-refractivity contribution in [1.82, 2.24) is 4.98 Å². The molecule has 0 saturated carbocycles.